The van der Waals surface area contributed by atoms with Gasteiger partial charge in [0, 0.05) is 36.6 Å². The van der Waals surface area contributed by atoms with E-state index in [0.29, 0.717) is 47.1 Å². The van der Waals surface area contributed by atoms with Crippen molar-refractivity contribution in [2.75, 3.05) is 10.6 Å². The average molecular weight is 612 g/mol. The lowest BCUT2D eigenvalue weighted by Crippen LogP contribution is -2.41. The van der Waals surface area contributed by atoms with Gasteiger partial charge < -0.3 is 16.0 Å². The number of carbonyl (C=O) groups excluding carboxylic acids is 1. The molecule has 0 spiro atoms. The van der Waals surface area contributed by atoms with Gasteiger partial charge in [0.25, 0.3) is 0 Å². The van der Waals surface area contributed by atoms with Crippen LogP contribution in [0.3, 0.4) is 0 Å². The quantitative estimate of drug-likeness (QED) is 0.169. The minimum absolute atomic E-state index is 0.107. The van der Waals surface area contributed by atoms with Gasteiger partial charge in [0.2, 0.25) is 11.9 Å². The third-order valence-electron chi connectivity index (χ3n) is 7.50. The molecule has 43 heavy (non-hydrogen) atoms. The van der Waals surface area contributed by atoms with Crippen LogP contribution in [0.4, 0.5) is 24.9 Å². The number of imidazole rings is 1. The van der Waals surface area contributed by atoms with E-state index in [4.69, 9.17) is 11.6 Å². The van der Waals surface area contributed by atoms with Crippen molar-refractivity contribution < 1.29 is 18.0 Å². The van der Waals surface area contributed by atoms with E-state index < -0.39 is 17.8 Å². The van der Waals surface area contributed by atoms with Gasteiger partial charge in [-0.15, -0.1) is 0 Å². The number of anilines is 2. The summed E-state index contributed by atoms with van der Waals surface area (Å²) in [6.07, 6.45) is 6.76. The van der Waals surface area contributed by atoms with Gasteiger partial charge in [0.1, 0.15) is 24.0 Å². The Morgan fingerprint density at radius 3 is 2.49 bits per heavy atom. The molecule has 1 atom stereocenters. The van der Waals surface area contributed by atoms with E-state index in [0.717, 1.165) is 43.4 Å². The number of halogens is 4. The number of amides is 1. The van der Waals surface area contributed by atoms with Crippen molar-refractivity contribution >= 4 is 29.3 Å². The van der Waals surface area contributed by atoms with Crippen LogP contribution in [0, 0.1) is 5.92 Å². The number of nitrogens with zero attached hydrogens (tertiary/aromatic N) is 4. The van der Waals surface area contributed by atoms with Crippen LogP contribution in [0.5, 0.6) is 0 Å². The smallest absolute Gasteiger partial charge is 0.358 e. The van der Waals surface area contributed by atoms with Gasteiger partial charge in [-0.25, -0.2) is 4.98 Å². The number of benzene rings is 2. The Labute approximate surface area is 253 Å². The van der Waals surface area contributed by atoms with E-state index in [1.165, 1.54) is 18.6 Å². The molecule has 2 aromatic carbocycles. The monoisotopic (exact) mass is 611 g/mol. The number of alkyl halides is 3. The lowest BCUT2D eigenvalue weighted by atomic mass is 9.84. The Kier molecular flexibility index (Phi) is 9.81. The molecule has 0 saturated heterocycles. The molecule has 5 rings (SSSR count). The summed E-state index contributed by atoms with van der Waals surface area (Å²) in [5.74, 6) is 1.50. The number of carbonyl (C=O) groups is 1. The summed E-state index contributed by atoms with van der Waals surface area (Å²) in [6.45, 7) is 0.544. The molecule has 8 nitrogen and oxygen atoms in total. The highest BCUT2D eigenvalue weighted by molar-refractivity contribution is 6.30. The Morgan fingerprint density at radius 1 is 1.00 bits per heavy atom. The zero-order valence-corrected chi connectivity index (χ0v) is 24.2. The fourth-order valence-corrected chi connectivity index (χ4v) is 5.45. The normalized spacial score (nSPS) is 14.7. The second kappa shape index (κ2) is 13.9. The summed E-state index contributed by atoms with van der Waals surface area (Å²) in [4.78, 5) is 26.9. The van der Waals surface area contributed by atoms with E-state index >= 15 is 0 Å². The van der Waals surface area contributed by atoms with E-state index in [1.54, 1.807) is 35.4 Å². The van der Waals surface area contributed by atoms with Crippen LogP contribution in [0.1, 0.15) is 55.2 Å². The van der Waals surface area contributed by atoms with Gasteiger partial charge in [-0.05, 0) is 47.7 Å². The van der Waals surface area contributed by atoms with Gasteiger partial charge in [-0.3, -0.25) is 9.36 Å². The van der Waals surface area contributed by atoms with Crippen LogP contribution < -0.4 is 16.0 Å². The number of nitrogens with one attached hydrogen (secondary N) is 3. The summed E-state index contributed by atoms with van der Waals surface area (Å²) in [5, 5.41) is 10.1. The molecule has 12 heteroatoms. The standard InChI is InChI=1S/C31H33ClF3N7O/c32-25-8-4-7-23(15-25)19-38-30-40-27(17-28(41-30)42-14-13-36-20-42)39-26(16-21-5-2-1-3-6-21)29(43)37-18-22-9-11-24(12-10-22)31(33,34)35/h4,7-15,17,20-21,26H,1-3,5-6,16,18-19H2,(H,37,43)(H2,38,39,40,41)/t26-/m1/s1. The molecule has 4 aromatic rings. The molecule has 0 aliphatic heterocycles. The topological polar surface area (TPSA) is 96.8 Å². The third kappa shape index (κ3) is 8.70. The highest BCUT2D eigenvalue weighted by atomic mass is 35.5. The third-order valence-corrected chi connectivity index (χ3v) is 7.74. The van der Waals surface area contributed by atoms with Crippen LogP contribution in [-0.4, -0.2) is 31.5 Å². The predicted octanol–water partition coefficient (Wildman–Crippen LogP) is 7.01. The molecule has 0 unspecified atom stereocenters. The molecule has 0 bridgehead atoms. The Morgan fingerprint density at radius 2 is 1.79 bits per heavy atom. The zero-order chi connectivity index (χ0) is 30.2. The summed E-state index contributed by atoms with van der Waals surface area (Å²) in [7, 11) is 0. The van der Waals surface area contributed by atoms with Gasteiger partial charge in [0.05, 0.1) is 5.56 Å². The zero-order valence-electron chi connectivity index (χ0n) is 23.4. The van der Waals surface area contributed by atoms with Crippen molar-refractivity contribution in [3.63, 3.8) is 0 Å². The summed E-state index contributed by atoms with van der Waals surface area (Å²) in [5.41, 5.74) is 0.808. The second-order valence-corrected chi connectivity index (χ2v) is 11.2. The number of aromatic nitrogens is 4. The SMILES string of the molecule is O=C(NCc1ccc(C(F)(F)F)cc1)[C@@H](CC1CCCCC1)Nc1cc(-n2ccnc2)nc(NCc2cccc(Cl)c2)n1. The summed E-state index contributed by atoms with van der Waals surface area (Å²) < 4.78 is 40.6. The van der Waals surface area contributed by atoms with Gasteiger partial charge >= 0.3 is 6.18 Å². The maximum absolute atomic E-state index is 13.5. The molecule has 3 N–H and O–H groups in total. The molecule has 1 amide bonds. The highest BCUT2D eigenvalue weighted by Gasteiger charge is 2.30. The first kappa shape index (κ1) is 30.3. The number of hydrogen-bond acceptors (Lipinski definition) is 6. The molecular weight excluding hydrogens is 579 g/mol. The second-order valence-electron chi connectivity index (χ2n) is 10.7. The summed E-state index contributed by atoms with van der Waals surface area (Å²) in [6, 6.07) is 13.4. The average Bonchev–Trinajstić information content (AvgIpc) is 3.54. The van der Waals surface area contributed by atoms with Crippen molar-refractivity contribution in [3.05, 3.63) is 95.0 Å². The molecule has 1 aliphatic carbocycles. The number of rotatable bonds is 11. The number of hydrogen-bond donors (Lipinski definition) is 3. The minimum Gasteiger partial charge on any atom is -0.358 e. The van der Waals surface area contributed by atoms with Crippen LogP contribution in [0.2, 0.25) is 5.02 Å². The Balaban J connectivity index is 1.34. The van der Waals surface area contributed by atoms with Crippen molar-refractivity contribution in [3.8, 4) is 5.82 Å². The van der Waals surface area contributed by atoms with E-state index in [-0.39, 0.29) is 12.5 Å². The van der Waals surface area contributed by atoms with E-state index in [9.17, 15) is 18.0 Å². The van der Waals surface area contributed by atoms with Gasteiger partial charge in [-0.1, -0.05) is 68.0 Å². The van der Waals surface area contributed by atoms with Gasteiger partial charge in [-0.2, -0.15) is 23.1 Å². The molecule has 226 valence electrons. The summed E-state index contributed by atoms with van der Waals surface area (Å²) >= 11 is 6.14. The molecular formula is C31H33ClF3N7O. The largest absolute Gasteiger partial charge is 0.416 e. The van der Waals surface area contributed by atoms with Crippen LogP contribution >= 0.6 is 11.6 Å². The lowest BCUT2D eigenvalue weighted by Gasteiger charge is -2.27. The van der Waals surface area contributed by atoms with Crippen molar-refractivity contribution in [1.29, 1.82) is 0 Å². The van der Waals surface area contributed by atoms with Crippen molar-refractivity contribution in [2.45, 2.75) is 63.8 Å². The van der Waals surface area contributed by atoms with Crippen LogP contribution in [0.15, 0.2) is 73.3 Å². The molecule has 2 heterocycles. The minimum atomic E-state index is -4.41. The van der Waals surface area contributed by atoms with Crippen LogP contribution in [-0.2, 0) is 24.1 Å². The molecule has 1 fully saturated rings. The molecule has 0 radical (unpaired) electrons. The molecule has 1 aliphatic rings. The molecule has 1 saturated carbocycles. The van der Waals surface area contributed by atoms with Crippen molar-refractivity contribution in [1.82, 2.24) is 24.8 Å². The Bertz CT molecular complexity index is 1490. The maximum atomic E-state index is 13.5. The fraction of sp³-hybridized carbons (Fsp3) is 0.355. The first-order chi connectivity index (χ1) is 20.7. The highest BCUT2D eigenvalue weighted by Crippen LogP contribution is 2.30. The van der Waals surface area contributed by atoms with Crippen LogP contribution in [0.25, 0.3) is 5.82 Å². The maximum Gasteiger partial charge on any atom is 0.416 e. The molecule has 2 aromatic heterocycles. The Hall–Kier alpha value is -4.12. The fourth-order valence-electron chi connectivity index (χ4n) is 5.23. The first-order valence-corrected chi connectivity index (χ1v) is 14.7. The predicted molar refractivity (Wildman–Crippen MR) is 160 cm³/mol. The van der Waals surface area contributed by atoms with Crippen molar-refractivity contribution in [2.24, 2.45) is 5.92 Å². The lowest BCUT2D eigenvalue weighted by molar-refractivity contribution is -0.137. The van der Waals surface area contributed by atoms with E-state index in [2.05, 4.69) is 30.9 Å². The van der Waals surface area contributed by atoms with E-state index in [1.807, 2.05) is 18.2 Å². The van der Waals surface area contributed by atoms with Gasteiger partial charge in [0.15, 0.2) is 0 Å². The first-order valence-electron chi connectivity index (χ1n) is 14.3.